The SMILES string of the molecule is CCCCCCCCCCCCCCCCCCCCCCCCC(=O)O[C@H](COC(=O)CCCCCCCCCCCCCCCCCCCCCC)COP(=O)(O)OC[C@H](N)C(=O)O. The molecule has 0 aliphatic rings. The molecule has 0 aliphatic carbocycles. The lowest BCUT2D eigenvalue weighted by atomic mass is 10.0. The van der Waals surface area contributed by atoms with Gasteiger partial charge in [0.2, 0.25) is 0 Å². The fraction of sp³-hybridized carbons (Fsp3) is 0.944. The van der Waals surface area contributed by atoms with Crippen LogP contribution in [0.25, 0.3) is 0 Å². The van der Waals surface area contributed by atoms with Crippen molar-refractivity contribution in [3.05, 3.63) is 0 Å². The third-order valence-electron chi connectivity index (χ3n) is 12.9. The van der Waals surface area contributed by atoms with Crippen molar-refractivity contribution in [2.24, 2.45) is 5.73 Å². The van der Waals surface area contributed by atoms with Crippen molar-refractivity contribution < 1.29 is 47.5 Å². The highest BCUT2D eigenvalue weighted by molar-refractivity contribution is 7.47. The molecule has 0 aromatic rings. The van der Waals surface area contributed by atoms with Crippen molar-refractivity contribution in [3.8, 4) is 0 Å². The predicted octanol–water partition coefficient (Wildman–Crippen LogP) is 16.2. The Labute approximate surface area is 405 Å². The number of nitrogens with two attached hydrogens (primary N) is 1. The van der Waals surface area contributed by atoms with E-state index in [-0.39, 0.29) is 19.4 Å². The molecule has 0 aromatic carbocycles. The topological polar surface area (TPSA) is 172 Å². The van der Waals surface area contributed by atoms with Gasteiger partial charge in [0.15, 0.2) is 6.10 Å². The first-order valence-corrected chi connectivity index (χ1v) is 29.6. The van der Waals surface area contributed by atoms with Crippen LogP contribution in [0.1, 0.15) is 296 Å². The number of carboxylic acids is 1. The van der Waals surface area contributed by atoms with E-state index in [9.17, 15) is 23.8 Å². The van der Waals surface area contributed by atoms with Crippen LogP contribution >= 0.6 is 7.82 Å². The molecule has 0 saturated heterocycles. The van der Waals surface area contributed by atoms with Gasteiger partial charge in [-0.15, -0.1) is 0 Å². The Balaban J connectivity index is 4.13. The smallest absolute Gasteiger partial charge is 0.472 e. The normalized spacial score (nSPS) is 13.4. The molecular weight excluding hydrogens is 854 g/mol. The molecule has 0 fully saturated rings. The van der Waals surface area contributed by atoms with Gasteiger partial charge in [-0.3, -0.25) is 23.4 Å². The molecule has 0 rings (SSSR count). The summed E-state index contributed by atoms with van der Waals surface area (Å²) in [4.78, 5) is 46.3. The summed E-state index contributed by atoms with van der Waals surface area (Å²) in [5, 5.41) is 8.94. The van der Waals surface area contributed by atoms with Crippen molar-refractivity contribution in [1.29, 1.82) is 0 Å². The average molecular weight is 960 g/mol. The first kappa shape index (κ1) is 64.5. The molecule has 0 radical (unpaired) electrons. The summed E-state index contributed by atoms with van der Waals surface area (Å²) in [6.45, 7) is 2.89. The Kier molecular flexibility index (Phi) is 48.7. The Morgan fingerprint density at radius 1 is 0.409 bits per heavy atom. The van der Waals surface area contributed by atoms with Gasteiger partial charge in [0.25, 0.3) is 0 Å². The van der Waals surface area contributed by atoms with Gasteiger partial charge in [-0.05, 0) is 12.8 Å². The third kappa shape index (κ3) is 48.9. The summed E-state index contributed by atoms with van der Waals surface area (Å²) < 4.78 is 32.9. The maximum atomic E-state index is 12.7. The highest BCUT2D eigenvalue weighted by atomic mass is 31.2. The van der Waals surface area contributed by atoms with Crippen LogP contribution in [0.2, 0.25) is 0 Å². The van der Waals surface area contributed by atoms with Crippen LogP contribution in [0, 0.1) is 0 Å². The average Bonchev–Trinajstić information content (AvgIpc) is 3.30. The zero-order chi connectivity index (χ0) is 48.4. The van der Waals surface area contributed by atoms with E-state index in [2.05, 4.69) is 13.8 Å². The highest BCUT2D eigenvalue weighted by Crippen LogP contribution is 2.43. The summed E-state index contributed by atoms with van der Waals surface area (Å²) in [6.07, 6.45) is 53.1. The third-order valence-corrected chi connectivity index (χ3v) is 13.8. The summed E-state index contributed by atoms with van der Waals surface area (Å²) in [7, 11) is -4.72. The number of carbonyl (C=O) groups is 3. The Morgan fingerprint density at radius 3 is 0.955 bits per heavy atom. The number of hydrogen-bond donors (Lipinski definition) is 3. The number of phosphoric acid groups is 1. The van der Waals surface area contributed by atoms with Gasteiger partial charge in [0.1, 0.15) is 12.6 Å². The second kappa shape index (κ2) is 49.9. The van der Waals surface area contributed by atoms with Crippen molar-refractivity contribution in [2.75, 3.05) is 19.8 Å². The number of hydrogen-bond acceptors (Lipinski definition) is 9. The standard InChI is InChI=1S/C54H106NO10P/c1-3-5-7-9-11-13-15-17-19-21-23-25-26-28-30-32-34-36-38-40-42-44-46-53(57)65-50(48-63-66(60,61)64-49-51(55)54(58)59)47-62-52(56)45-43-41-39-37-35-33-31-29-27-24-22-20-18-16-14-12-10-8-6-4-2/h50-51H,3-49,55H2,1-2H3,(H,58,59)(H,60,61)/t50-,51+/m1/s1. The van der Waals surface area contributed by atoms with E-state index in [4.69, 9.17) is 29.4 Å². The first-order chi connectivity index (χ1) is 32.1. The number of aliphatic carboxylic acids is 1. The highest BCUT2D eigenvalue weighted by Gasteiger charge is 2.28. The van der Waals surface area contributed by atoms with Crippen LogP contribution in [-0.2, 0) is 37.5 Å². The molecule has 392 valence electrons. The number of phosphoric ester groups is 1. The van der Waals surface area contributed by atoms with E-state index in [1.54, 1.807) is 0 Å². The van der Waals surface area contributed by atoms with E-state index in [0.29, 0.717) is 12.8 Å². The number of ether oxygens (including phenoxy) is 2. The monoisotopic (exact) mass is 960 g/mol. The molecule has 3 atom stereocenters. The first-order valence-electron chi connectivity index (χ1n) is 28.1. The number of rotatable bonds is 54. The lowest BCUT2D eigenvalue weighted by molar-refractivity contribution is -0.161. The van der Waals surface area contributed by atoms with Gasteiger partial charge in [0, 0.05) is 12.8 Å². The Hall–Kier alpha value is -1.52. The predicted molar refractivity (Wildman–Crippen MR) is 273 cm³/mol. The minimum Gasteiger partial charge on any atom is -0.480 e. The molecule has 0 aromatic heterocycles. The number of carboxylic acid groups (broad SMARTS) is 1. The van der Waals surface area contributed by atoms with Crippen molar-refractivity contribution in [2.45, 2.75) is 309 Å². The lowest BCUT2D eigenvalue weighted by Gasteiger charge is -2.20. The summed E-state index contributed by atoms with van der Waals surface area (Å²) >= 11 is 0. The van der Waals surface area contributed by atoms with Gasteiger partial charge < -0.3 is 25.2 Å². The van der Waals surface area contributed by atoms with Gasteiger partial charge in [0.05, 0.1) is 13.2 Å². The zero-order valence-corrected chi connectivity index (χ0v) is 44.0. The lowest BCUT2D eigenvalue weighted by Crippen LogP contribution is -2.34. The number of unbranched alkanes of at least 4 members (excludes halogenated alkanes) is 40. The molecule has 0 bridgehead atoms. The van der Waals surface area contributed by atoms with Crippen molar-refractivity contribution in [3.63, 3.8) is 0 Å². The molecule has 0 amide bonds. The molecule has 0 heterocycles. The summed E-state index contributed by atoms with van der Waals surface area (Å²) in [5.74, 6) is -2.35. The largest absolute Gasteiger partial charge is 0.480 e. The molecule has 0 saturated carbocycles. The van der Waals surface area contributed by atoms with Crippen molar-refractivity contribution >= 4 is 25.7 Å². The van der Waals surface area contributed by atoms with Gasteiger partial charge >= 0.3 is 25.7 Å². The molecule has 11 nitrogen and oxygen atoms in total. The second-order valence-electron chi connectivity index (χ2n) is 19.4. The molecule has 0 spiro atoms. The van der Waals surface area contributed by atoms with Crippen LogP contribution in [0.15, 0.2) is 0 Å². The van der Waals surface area contributed by atoms with Crippen LogP contribution in [-0.4, -0.2) is 59.9 Å². The van der Waals surface area contributed by atoms with Crippen LogP contribution in [0.4, 0.5) is 0 Å². The van der Waals surface area contributed by atoms with E-state index in [1.165, 1.54) is 218 Å². The second-order valence-corrected chi connectivity index (χ2v) is 20.9. The maximum absolute atomic E-state index is 12.7. The summed E-state index contributed by atoms with van der Waals surface area (Å²) in [5.41, 5.74) is 5.36. The quantitative estimate of drug-likeness (QED) is 0.0301. The molecule has 4 N–H and O–H groups in total. The van der Waals surface area contributed by atoms with E-state index < -0.39 is 51.1 Å². The molecule has 1 unspecified atom stereocenters. The minimum atomic E-state index is -4.72. The Morgan fingerprint density at radius 2 is 0.667 bits per heavy atom. The van der Waals surface area contributed by atoms with Crippen LogP contribution < -0.4 is 5.73 Å². The van der Waals surface area contributed by atoms with Gasteiger partial charge in [-0.2, -0.15) is 0 Å². The number of carbonyl (C=O) groups excluding carboxylic acids is 2. The van der Waals surface area contributed by atoms with Crippen LogP contribution in [0.3, 0.4) is 0 Å². The van der Waals surface area contributed by atoms with Crippen LogP contribution in [0.5, 0.6) is 0 Å². The van der Waals surface area contributed by atoms with E-state index in [1.807, 2.05) is 0 Å². The van der Waals surface area contributed by atoms with Gasteiger partial charge in [-0.1, -0.05) is 271 Å². The summed E-state index contributed by atoms with van der Waals surface area (Å²) in [6, 6.07) is -1.52. The van der Waals surface area contributed by atoms with Gasteiger partial charge in [-0.25, -0.2) is 4.57 Å². The fourth-order valence-corrected chi connectivity index (χ4v) is 9.26. The minimum absolute atomic E-state index is 0.170. The van der Waals surface area contributed by atoms with Crippen molar-refractivity contribution in [1.82, 2.24) is 0 Å². The fourth-order valence-electron chi connectivity index (χ4n) is 8.48. The zero-order valence-electron chi connectivity index (χ0n) is 43.1. The molecule has 0 aliphatic heterocycles. The molecule has 12 heteroatoms. The molecule has 66 heavy (non-hydrogen) atoms. The maximum Gasteiger partial charge on any atom is 0.472 e. The van der Waals surface area contributed by atoms with E-state index >= 15 is 0 Å². The Bertz CT molecular complexity index is 1130. The van der Waals surface area contributed by atoms with E-state index in [0.717, 1.165) is 38.5 Å². The molecular formula is C54H106NO10P. The number of esters is 2.